The standard InChI is InChI=1S/C18H23BrClN3O2/c1-18(2,3)25-17(24)22-12-5-4-6-13(9-12)23-10-21-15-8-11(19)7-14(20)16(15)23/h7-8,10,12-13H,4-6,9H2,1-3H3,(H,22,24)/t12-,13+/m1/s1. The van der Waals surface area contributed by atoms with Gasteiger partial charge in [0.25, 0.3) is 0 Å². The first-order chi connectivity index (χ1) is 11.7. The molecule has 1 saturated carbocycles. The van der Waals surface area contributed by atoms with Crippen LogP contribution in [0.1, 0.15) is 52.5 Å². The van der Waals surface area contributed by atoms with Gasteiger partial charge in [0, 0.05) is 16.6 Å². The summed E-state index contributed by atoms with van der Waals surface area (Å²) in [4.78, 5) is 16.5. The van der Waals surface area contributed by atoms with Gasteiger partial charge in [0.1, 0.15) is 5.60 Å². The van der Waals surface area contributed by atoms with E-state index in [1.807, 2.05) is 39.2 Å². The van der Waals surface area contributed by atoms with Gasteiger partial charge in [0.15, 0.2) is 0 Å². The molecule has 0 saturated heterocycles. The molecule has 1 aliphatic carbocycles. The molecule has 1 aromatic carbocycles. The van der Waals surface area contributed by atoms with Crippen LogP contribution in [0.3, 0.4) is 0 Å². The number of nitrogens with zero attached hydrogens (tertiary/aromatic N) is 2. The smallest absolute Gasteiger partial charge is 0.407 e. The van der Waals surface area contributed by atoms with Crippen molar-refractivity contribution in [3.63, 3.8) is 0 Å². The molecule has 1 heterocycles. The summed E-state index contributed by atoms with van der Waals surface area (Å²) in [5.74, 6) is 0. The van der Waals surface area contributed by atoms with Gasteiger partial charge in [-0.25, -0.2) is 9.78 Å². The molecule has 3 rings (SSSR count). The third kappa shape index (κ3) is 4.47. The van der Waals surface area contributed by atoms with E-state index in [9.17, 15) is 4.79 Å². The Morgan fingerprint density at radius 1 is 1.40 bits per heavy atom. The predicted octanol–water partition coefficient (Wildman–Crippen LogP) is 5.46. The van der Waals surface area contributed by atoms with Crippen LogP contribution in [0.5, 0.6) is 0 Å². The lowest BCUT2D eigenvalue weighted by Crippen LogP contribution is -2.41. The predicted molar refractivity (Wildman–Crippen MR) is 103 cm³/mol. The summed E-state index contributed by atoms with van der Waals surface area (Å²) in [6.07, 6.45) is 5.39. The minimum Gasteiger partial charge on any atom is -0.444 e. The maximum Gasteiger partial charge on any atom is 0.407 e. The third-order valence-electron chi connectivity index (χ3n) is 4.35. The zero-order valence-corrected chi connectivity index (χ0v) is 17.0. The van der Waals surface area contributed by atoms with Gasteiger partial charge in [0.2, 0.25) is 0 Å². The molecule has 25 heavy (non-hydrogen) atoms. The number of rotatable bonds is 2. The number of amides is 1. The molecule has 0 aliphatic heterocycles. The molecule has 2 aromatic rings. The molecule has 2 atom stereocenters. The normalized spacial score (nSPS) is 21.3. The summed E-state index contributed by atoms with van der Waals surface area (Å²) < 4.78 is 8.44. The van der Waals surface area contributed by atoms with Crippen LogP contribution in [-0.4, -0.2) is 27.3 Å². The van der Waals surface area contributed by atoms with Gasteiger partial charge in [-0.15, -0.1) is 0 Å². The molecule has 1 aromatic heterocycles. The topological polar surface area (TPSA) is 56.1 Å². The Balaban J connectivity index is 1.75. The zero-order chi connectivity index (χ0) is 18.2. The summed E-state index contributed by atoms with van der Waals surface area (Å²) in [6.45, 7) is 5.61. The number of halogens is 2. The van der Waals surface area contributed by atoms with E-state index in [0.717, 1.165) is 41.2 Å². The minimum absolute atomic E-state index is 0.0975. The van der Waals surface area contributed by atoms with E-state index in [1.54, 1.807) is 0 Å². The molecule has 0 spiro atoms. The Morgan fingerprint density at radius 2 is 2.16 bits per heavy atom. The Morgan fingerprint density at radius 3 is 2.88 bits per heavy atom. The third-order valence-corrected chi connectivity index (χ3v) is 5.09. The number of nitrogens with one attached hydrogen (secondary N) is 1. The van der Waals surface area contributed by atoms with Crippen molar-refractivity contribution in [2.24, 2.45) is 0 Å². The van der Waals surface area contributed by atoms with E-state index >= 15 is 0 Å². The summed E-state index contributed by atoms with van der Waals surface area (Å²) in [5, 5.41) is 3.69. The number of hydrogen-bond donors (Lipinski definition) is 1. The maximum atomic E-state index is 12.0. The van der Waals surface area contributed by atoms with Crippen LogP contribution in [0.15, 0.2) is 22.9 Å². The SMILES string of the molecule is CC(C)(C)OC(=O)N[C@@H]1CCC[C@H](n2cnc3cc(Br)cc(Cl)c32)C1. The first-order valence-electron chi connectivity index (χ1n) is 8.54. The number of aromatic nitrogens is 2. The average molecular weight is 429 g/mol. The van der Waals surface area contributed by atoms with Gasteiger partial charge in [0.05, 0.1) is 22.4 Å². The maximum absolute atomic E-state index is 12.0. The van der Waals surface area contributed by atoms with Gasteiger partial charge in [-0.3, -0.25) is 0 Å². The summed E-state index contributed by atoms with van der Waals surface area (Å²) >= 11 is 9.89. The highest BCUT2D eigenvalue weighted by Crippen LogP contribution is 2.35. The van der Waals surface area contributed by atoms with Crippen molar-refractivity contribution in [2.45, 2.75) is 64.1 Å². The number of imidazole rings is 1. The van der Waals surface area contributed by atoms with Crippen LogP contribution in [0.25, 0.3) is 11.0 Å². The van der Waals surface area contributed by atoms with E-state index in [4.69, 9.17) is 16.3 Å². The van der Waals surface area contributed by atoms with Crippen molar-refractivity contribution >= 4 is 44.7 Å². The van der Waals surface area contributed by atoms with Crippen LogP contribution in [0, 0.1) is 0 Å². The van der Waals surface area contributed by atoms with Gasteiger partial charge in [-0.05, 0) is 58.6 Å². The second-order valence-corrected chi connectivity index (χ2v) is 8.89. The first-order valence-corrected chi connectivity index (χ1v) is 9.71. The number of fused-ring (bicyclic) bond motifs is 1. The highest BCUT2D eigenvalue weighted by molar-refractivity contribution is 9.10. The molecule has 136 valence electrons. The lowest BCUT2D eigenvalue weighted by molar-refractivity contribution is 0.0486. The second kappa shape index (κ2) is 7.16. The van der Waals surface area contributed by atoms with Crippen molar-refractivity contribution in [1.82, 2.24) is 14.9 Å². The lowest BCUT2D eigenvalue weighted by atomic mass is 9.91. The zero-order valence-electron chi connectivity index (χ0n) is 14.7. The molecular weight excluding hydrogens is 406 g/mol. The molecule has 0 unspecified atom stereocenters. The Bertz CT molecular complexity index is 784. The van der Waals surface area contributed by atoms with Crippen molar-refractivity contribution < 1.29 is 9.53 Å². The summed E-state index contributed by atoms with van der Waals surface area (Å²) in [6, 6.07) is 4.22. The van der Waals surface area contributed by atoms with Crippen LogP contribution < -0.4 is 5.32 Å². The molecule has 7 heteroatoms. The number of ether oxygens (including phenoxy) is 1. The van der Waals surface area contributed by atoms with Gasteiger partial charge in [-0.1, -0.05) is 27.5 Å². The average Bonchev–Trinajstić information content (AvgIpc) is 2.89. The molecule has 0 radical (unpaired) electrons. The Hall–Kier alpha value is -1.27. The highest BCUT2D eigenvalue weighted by Gasteiger charge is 2.27. The largest absolute Gasteiger partial charge is 0.444 e. The quantitative estimate of drug-likeness (QED) is 0.691. The number of carbonyl (C=O) groups excluding carboxylic acids is 1. The van der Waals surface area contributed by atoms with Crippen molar-refractivity contribution in [1.29, 1.82) is 0 Å². The monoisotopic (exact) mass is 427 g/mol. The van der Waals surface area contributed by atoms with Crippen molar-refractivity contribution in [3.05, 3.63) is 28.0 Å². The van der Waals surface area contributed by atoms with E-state index in [2.05, 4.69) is 30.8 Å². The summed E-state index contributed by atoms with van der Waals surface area (Å²) in [5.41, 5.74) is 1.34. The fourth-order valence-corrected chi connectivity index (χ4v) is 4.28. The van der Waals surface area contributed by atoms with Crippen LogP contribution in [0.2, 0.25) is 5.02 Å². The van der Waals surface area contributed by atoms with Crippen LogP contribution in [-0.2, 0) is 4.74 Å². The van der Waals surface area contributed by atoms with Gasteiger partial charge < -0.3 is 14.6 Å². The van der Waals surface area contributed by atoms with Crippen molar-refractivity contribution in [2.75, 3.05) is 0 Å². The van der Waals surface area contributed by atoms with E-state index in [-0.39, 0.29) is 18.2 Å². The minimum atomic E-state index is -0.486. The van der Waals surface area contributed by atoms with E-state index < -0.39 is 5.60 Å². The highest BCUT2D eigenvalue weighted by atomic mass is 79.9. The first kappa shape index (κ1) is 18.5. The second-order valence-electron chi connectivity index (χ2n) is 7.57. The Kier molecular flexibility index (Phi) is 5.30. The van der Waals surface area contributed by atoms with E-state index in [0.29, 0.717) is 5.02 Å². The molecule has 0 bridgehead atoms. The number of benzene rings is 1. The number of carbonyl (C=O) groups is 1. The number of alkyl carbamates (subject to hydrolysis) is 1. The van der Waals surface area contributed by atoms with E-state index in [1.165, 1.54) is 0 Å². The number of hydrogen-bond acceptors (Lipinski definition) is 3. The van der Waals surface area contributed by atoms with Gasteiger partial charge in [-0.2, -0.15) is 0 Å². The van der Waals surface area contributed by atoms with Gasteiger partial charge >= 0.3 is 6.09 Å². The molecule has 5 nitrogen and oxygen atoms in total. The lowest BCUT2D eigenvalue weighted by Gasteiger charge is -2.31. The Labute approximate surface area is 161 Å². The van der Waals surface area contributed by atoms with Crippen LogP contribution in [0.4, 0.5) is 4.79 Å². The molecular formula is C18H23BrClN3O2. The molecule has 1 N–H and O–H groups in total. The molecule has 1 aliphatic rings. The van der Waals surface area contributed by atoms with Crippen molar-refractivity contribution in [3.8, 4) is 0 Å². The fraction of sp³-hybridized carbons (Fsp3) is 0.556. The molecule has 1 fully saturated rings. The van der Waals surface area contributed by atoms with Crippen LogP contribution >= 0.6 is 27.5 Å². The molecule has 1 amide bonds. The fourth-order valence-electron chi connectivity index (χ4n) is 3.39. The summed E-state index contributed by atoms with van der Waals surface area (Å²) in [7, 11) is 0.